The normalized spacial score (nSPS) is 12.4. The Hall–Kier alpha value is -4.82. The van der Waals surface area contributed by atoms with Crippen LogP contribution in [0.1, 0.15) is 26.3 Å². The molecule has 0 bridgehead atoms. The summed E-state index contributed by atoms with van der Waals surface area (Å²) in [5, 5.41) is 12.6. The second-order valence-electron chi connectivity index (χ2n) is 11.9. The van der Waals surface area contributed by atoms with Gasteiger partial charge in [0.15, 0.2) is 0 Å². The standard InChI is InChI=1S/C38H28N2/c1-38(2,3)27-18-25-21-29(32-12-6-8-16-39-32)30-20-24-15-14-23-10-4-5-11-28(23)35(24)37-31(33-13-7-9-17-40-33)22-26(19-27)34(25)36(30)37/h4-22H,1-3H3. The van der Waals surface area contributed by atoms with Crippen LogP contribution in [0.3, 0.4) is 0 Å². The van der Waals surface area contributed by atoms with E-state index in [1.165, 1.54) is 70.6 Å². The second kappa shape index (κ2) is 8.34. The van der Waals surface area contributed by atoms with Gasteiger partial charge in [0.2, 0.25) is 0 Å². The molecule has 0 atom stereocenters. The monoisotopic (exact) mass is 512 g/mol. The van der Waals surface area contributed by atoms with Crippen LogP contribution in [0.25, 0.3) is 76.4 Å². The average molecular weight is 513 g/mol. The van der Waals surface area contributed by atoms with Crippen LogP contribution in [0.2, 0.25) is 0 Å². The minimum atomic E-state index is 0.0175. The fraction of sp³-hybridized carbons (Fsp3) is 0.105. The van der Waals surface area contributed by atoms with Gasteiger partial charge in [-0.15, -0.1) is 0 Å². The molecule has 0 aliphatic heterocycles. The van der Waals surface area contributed by atoms with E-state index in [9.17, 15) is 0 Å². The van der Waals surface area contributed by atoms with Crippen molar-refractivity contribution in [1.82, 2.24) is 9.97 Å². The fourth-order valence-electron chi connectivity index (χ4n) is 6.47. The number of pyridine rings is 2. The fourth-order valence-corrected chi connectivity index (χ4v) is 6.47. The number of nitrogens with zero attached hydrogens (tertiary/aromatic N) is 2. The highest BCUT2D eigenvalue weighted by molar-refractivity contribution is 6.37. The molecule has 0 unspecified atom stereocenters. The zero-order valence-corrected chi connectivity index (χ0v) is 22.9. The molecule has 0 aliphatic rings. The van der Waals surface area contributed by atoms with Crippen LogP contribution in [-0.2, 0) is 5.41 Å². The molecule has 6 aromatic carbocycles. The minimum Gasteiger partial charge on any atom is -0.256 e. The molecule has 0 spiro atoms. The predicted octanol–water partition coefficient (Wildman–Crippen LogP) is 10.3. The lowest BCUT2D eigenvalue weighted by molar-refractivity contribution is 0.591. The zero-order chi connectivity index (χ0) is 27.0. The summed E-state index contributed by atoms with van der Waals surface area (Å²) in [6.45, 7) is 6.87. The lowest BCUT2D eigenvalue weighted by atomic mass is 9.80. The highest BCUT2D eigenvalue weighted by Crippen LogP contribution is 2.48. The van der Waals surface area contributed by atoms with Gasteiger partial charge in [-0.2, -0.15) is 0 Å². The third-order valence-electron chi connectivity index (χ3n) is 8.39. The van der Waals surface area contributed by atoms with Gasteiger partial charge >= 0.3 is 0 Å². The van der Waals surface area contributed by atoms with E-state index < -0.39 is 0 Å². The van der Waals surface area contributed by atoms with Crippen LogP contribution in [0.4, 0.5) is 0 Å². The van der Waals surface area contributed by atoms with Crippen LogP contribution in [0.15, 0.2) is 116 Å². The minimum absolute atomic E-state index is 0.0175. The van der Waals surface area contributed by atoms with Gasteiger partial charge in [-0.3, -0.25) is 9.97 Å². The lowest BCUT2D eigenvalue weighted by Crippen LogP contribution is -2.11. The second-order valence-corrected chi connectivity index (χ2v) is 11.9. The quantitative estimate of drug-likeness (QED) is 0.170. The van der Waals surface area contributed by atoms with Gasteiger partial charge in [-0.05, 0) is 102 Å². The summed E-state index contributed by atoms with van der Waals surface area (Å²) in [6.07, 6.45) is 3.79. The molecule has 0 saturated carbocycles. The van der Waals surface area contributed by atoms with Crippen molar-refractivity contribution in [2.75, 3.05) is 0 Å². The van der Waals surface area contributed by atoms with Crippen molar-refractivity contribution >= 4 is 53.9 Å². The Morgan fingerprint density at radius 3 is 1.75 bits per heavy atom. The molecule has 0 radical (unpaired) electrons. The van der Waals surface area contributed by atoms with Crippen molar-refractivity contribution in [1.29, 1.82) is 0 Å². The summed E-state index contributed by atoms with van der Waals surface area (Å²) >= 11 is 0. The first-order valence-electron chi connectivity index (χ1n) is 13.9. The van der Waals surface area contributed by atoms with Crippen molar-refractivity contribution < 1.29 is 0 Å². The number of hydrogen-bond acceptors (Lipinski definition) is 2. The Labute approximate surface area is 233 Å². The smallest absolute Gasteiger partial charge is 0.0708 e. The van der Waals surface area contributed by atoms with E-state index in [0.29, 0.717) is 0 Å². The number of fused-ring (bicyclic) bond motifs is 4. The first-order valence-corrected chi connectivity index (χ1v) is 13.9. The molecule has 0 amide bonds. The van der Waals surface area contributed by atoms with Crippen LogP contribution < -0.4 is 0 Å². The maximum atomic E-state index is 4.88. The van der Waals surface area contributed by atoms with Crippen LogP contribution in [-0.4, -0.2) is 9.97 Å². The molecule has 40 heavy (non-hydrogen) atoms. The molecule has 2 aromatic heterocycles. The van der Waals surface area contributed by atoms with Gasteiger partial charge in [-0.1, -0.05) is 81.4 Å². The van der Waals surface area contributed by atoms with Crippen LogP contribution in [0.5, 0.6) is 0 Å². The molecule has 2 heterocycles. The predicted molar refractivity (Wildman–Crippen MR) is 170 cm³/mol. The van der Waals surface area contributed by atoms with E-state index in [-0.39, 0.29) is 5.41 Å². The third kappa shape index (κ3) is 3.36. The van der Waals surface area contributed by atoms with Crippen molar-refractivity contribution in [2.24, 2.45) is 0 Å². The summed E-state index contributed by atoms with van der Waals surface area (Å²) in [7, 11) is 0. The Bertz CT molecular complexity index is 2200. The molecule has 0 saturated heterocycles. The topological polar surface area (TPSA) is 25.8 Å². The number of benzene rings is 6. The summed E-state index contributed by atoms with van der Waals surface area (Å²) in [6, 6.07) is 37.6. The highest BCUT2D eigenvalue weighted by Gasteiger charge is 2.23. The SMILES string of the molecule is CC(C)(C)c1cc2cc(-c3ccccn3)c3cc4ccc5ccccc5c4c4c(-c5ccccn5)cc(c1)c2c34. The van der Waals surface area contributed by atoms with Crippen molar-refractivity contribution in [3.63, 3.8) is 0 Å². The van der Waals surface area contributed by atoms with Gasteiger partial charge in [0.1, 0.15) is 0 Å². The molecule has 0 fully saturated rings. The van der Waals surface area contributed by atoms with Crippen molar-refractivity contribution in [3.05, 3.63) is 121 Å². The van der Waals surface area contributed by atoms with E-state index in [1.54, 1.807) is 0 Å². The van der Waals surface area contributed by atoms with E-state index in [4.69, 9.17) is 9.97 Å². The molecule has 2 nitrogen and oxygen atoms in total. The average Bonchev–Trinajstić information content (AvgIpc) is 2.99. The van der Waals surface area contributed by atoms with Gasteiger partial charge in [0, 0.05) is 28.9 Å². The molecular formula is C38H28N2. The molecular weight excluding hydrogens is 484 g/mol. The molecule has 8 rings (SSSR count). The maximum absolute atomic E-state index is 4.88. The highest BCUT2D eigenvalue weighted by atomic mass is 14.7. The Morgan fingerprint density at radius 2 is 1.07 bits per heavy atom. The lowest BCUT2D eigenvalue weighted by Gasteiger charge is -2.24. The molecule has 190 valence electrons. The van der Waals surface area contributed by atoms with Gasteiger partial charge in [0.25, 0.3) is 0 Å². The summed E-state index contributed by atoms with van der Waals surface area (Å²) in [5.41, 5.74) is 5.67. The largest absolute Gasteiger partial charge is 0.256 e. The first kappa shape index (κ1) is 23.1. The van der Waals surface area contributed by atoms with Gasteiger partial charge in [0.05, 0.1) is 11.4 Å². The van der Waals surface area contributed by atoms with Crippen LogP contribution >= 0.6 is 0 Å². The summed E-state index contributed by atoms with van der Waals surface area (Å²) in [5.74, 6) is 0. The van der Waals surface area contributed by atoms with Crippen molar-refractivity contribution in [2.45, 2.75) is 26.2 Å². The molecule has 2 heteroatoms. The Balaban J connectivity index is 1.71. The van der Waals surface area contributed by atoms with E-state index in [1.807, 2.05) is 24.5 Å². The van der Waals surface area contributed by atoms with Crippen molar-refractivity contribution in [3.8, 4) is 22.5 Å². The summed E-state index contributed by atoms with van der Waals surface area (Å²) < 4.78 is 0. The number of hydrogen-bond donors (Lipinski definition) is 0. The van der Waals surface area contributed by atoms with E-state index in [2.05, 4.69) is 112 Å². The van der Waals surface area contributed by atoms with Crippen LogP contribution in [0, 0.1) is 0 Å². The molecule has 0 N–H and O–H groups in total. The van der Waals surface area contributed by atoms with E-state index in [0.717, 1.165) is 11.4 Å². The molecule has 0 aliphatic carbocycles. The zero-order valence-electron chi connectivity index (χ0n) is 22.9. The number of rotatable bonds is 2. The van der Waals surface area contributed by atoms with Gasteiger partial charge in [-0.25, -0.2) is 0 Å². The number of aromatic nitrogens is 2. The van der Waals surface area contributed by atoms with Gasteiger partial charge < -0.3 is 0 Å². The first-order chi connectivity index (χ1) is 19.5. The Kier molecular flexibility index (Phi) is 4.82. The Morgan fingerprint density at radius 1 is 0.450 bits per heavy atom. The van der Waals surface area contributed by atoms with E-state index >= 15 is 0 Å². The third-order valence-corrected chi connectivity index (χ3v) is 8.39. The maximum Gasteiger partial charge on any atom is 0.0708 e. The summed E-state index contributed by atoms with van der Waals surface area (Å²) in [4.78, 5) is 9.71. The molecule has 8 aromatic rings.